The van der Waals surface area contributed by atoms with Gasteiger partial charge in [0.25, 0.3) is 0 Å². The molecule has 2 heterocycles. The van der Waals surface area contributed by atoms with Crippen molar-refractivity contribution in [1.29, 1.82) is 0 Å². The van der Waals surface area contributed by atoms with Crippen molar-refractivity contribution < 1.29 is 19.4 Å². The van der Waals surface area contributed by atoms with Gasteiger partial charge >= 0.3 is 0 Å². The summed E-state index contributed by atoms with van der Waals surface area (Å²) in [5.41, 5.74) is 1.02. The molecule has 2 saturated heterocycles. The minimum atomic E-state index is -0.679. The van der Waals surface area contributed by atoms with Crippen LogP contribution in [-0.4, -0.2) is 35.3 Å². The van der Waals surface area contributed by atoms with Crippen LogP contribution < -0.4 is 0 Å². The van der Waals surface area contributed by atoms with Crippen molar-refractivity contribution in [3.05, 3.63) is 35.9 Å². The lowest BCUT2D eigenvalue weighted by molar-refractivity contribution is -0.131. The smallest absolute Gasteiger partial charge is 0.167 e. The zero-order valence-corrected chi connectivity index (χ0v) is 9.28. The summed E-state index contributed by atoms with van der Waals surface area (Å²) >= 11 is 0. The molecule has 17 heavy (non-hydrogen) atoms. The molecule has 1 aromatic carbocycles. The highest BCUT2D eigenvalue weighted by Gasteiger charge is 2.54. The Balaban J connectivity index is 1.64. The van der Waals surface area contributed by atoms with Crippen LogP contribution in [0.1, 0.15) is 12.0 Å². The van der Waals surface area contributed by atoms with Crippen molar-refractivity contribution in [2.75, 3.05) is 0 Å². The second kappa shape index (κ2) is 4.22. The van der Waals surface area contributed by atoms with E-state index in [4.69, 9.17) is 9.47 Å². The van der Waals surface area contributed by atoms with Gasteiger partial charge in [0.05, 0.1) is 12.7 Å². The fourth-order valence-electron chi connectivity index (χ4n) is 2.43. The number of ketones is 1. The Labute approximate surface area is 99.2 Å². The number of carbonyl (C=O) groups is 1. The number of Topliss-reactive ketones (excluding diaryl/α,β-unsaturated/α-hetero) is 1. The molecule has 3 rings (SSSR count). The van der Waals surface area contributed by atoms with E-state index in [2.05, 4.69) is 0 Å². The zero-order chi connectivity index (χ0) is 11.8. The molecule has 0 unspecified atom stereocenters. The zero-order valence-electron chi connectivity index (χ0n) is 9.28. The first-order valence-corrected chi connectivity index (χ1v) is 5.77. The van der Waals surface area contributed by atoms with Gasteiger partial charge in [-0.3, -0.25) is 4.79 Å². The molecule has 4 nitrogen and oxygen atoms in total. The largest absolute Gasteiger partial charge is 0.388 e. The van der Waals surface area contributed by atoms with Crippen LogP contribution in [0.25, 0.3) is 0 Å². The molecule has 2 aliphatic rings. The van der Waals surface area contributed by atoms with E-state index in [1.165, 1.54) is 0 Å². The van der Waals surface area contributed by atoms with E-state index in [1.54, 1.807) is 0 Å². The van der Waals surface area contributed by atoms with Crippen molar-refractivity contribution in [1.82, 2.24) is 0 Å². The quantitative estimate of drug-likeness (QED) is 0.835. The lowest BCUT2D eigenvalue weighted by Gasteiger charge is -2.23. The average molecular weight is 234 g/mol. The van der Waals surface area contributed by atoms with Gasteiger partial charge in [-0.15, -0.1) is 0 Å². The molecule has 0 aliphatic carbocycles. The minimum absolute atomic E-state index is 0.0401. The molecule has 0 amide bonds. The van der Waals surface area contributed by atoms with Crippen LogP contribution in [0.2, 0.25) is 0 Å². The Kier molecular flexibility index (Phi) is 2.70. The number of carbonyl (C=O) groups excluding carboxylic acids is 1. The Bertz CT molecular complexity index is 417. The number of hydrogen-bond donors (Lipinski definition) is 1. The van der Waals surface area contributed by atoms with Crippen LogP contribution in [0, 0.1) is 0 Å². The fourth-order valence-corrected chi connectivity index (χ4v) is 2.43. The van der Waals surface area contributed by atoms with Gasteiger partial charge in [0, 0.05) is 6.42 Å². The van der Waals surface area contributed by atoms with E-state index in [0.29, 0.717) is 13.0 Å². The number of aliphatic hydroxyl groups is 1. The van der Waals surface area contributed by atoms with Gasteiger partial charge in [-0.1, -0.05) is 30.3 Å². The molecule has 4 heteroatoms. The third-order valence-corrected chi connectivity index (χ3v) is 3.34. The molecule has 1 aromatic rings. The highest BCUT2D eigenvalue weighted by Crippen LogP contribution is 2.34. The number of hydrogen-bond acceptors (Lipinski definition) is 4. The van der Waals surface area contributed by atoms with Crippen molar-refractivity contribution in [2.45, 2.75) is 37.4 Å². The average Bonchev–Trinajstić information content (AvgIpc) is 2.86. The number of fused-ring (bicyclic) bond motifs is 2. The third-order valence-electron chi connectivity index (χ3n) is 3.34. The molecule has 2 fully saturated rings. The van der Waals surface area contributed by atoms with Gasteiger partial charge in [0.1, 0.15) is 18.3 Å². The van der Waals surface area contributed by atoms with E-state index < -0.39 is 18.3 Å². The van der Waals surface area contributed by atoms with E-state index >= 15 is 0 Å². The topological polar surface area (TPSA) is 55.8 Å². The fraction of sp³-hybridized carbons (Fsp3) is 0.462. The number of rotatable bonds is 3. The summed E-state index contributed by atoms with van der Waals surface area (Å²) in [7, 11) is 0. The molecule has 0 radical (unpaired) electrons. The maximum absolute atomic E-state index is 11.5. The third kappa shape index (κ3) is 1.88. The monoisotopic (exact) mass is 234 g/mol. The first kappa shape index (κ1) is 10.9. The molecule has 2 bridgehead atoms. The van der Waals surface area contributed by atoms with Crippen molar-refractivity contribution in [3.63, 3.8) is 0 Å². The van der Waals surface area contributed by atoms with Crippen LogP contribution in [0.4, 0.5) is 0 Å². The first-order valence-electron chi connectivity index (χ1n) is 5.77. The molecule has 0 aromatic heterocycles. The molecule has 0 saturated carbocycles. The SMILES string of the molecule is O=C1C[C@H]2O[C@@H]1[C@@H](OCc1ccccc1)[C@@H]2O. The highest BCUT2D eigenvalue weighted by molar-refractivity contribution is 5.87. The lowest BCUT2D eigenvalue weighted by atomic mass is 9.93. The summed E-state index contributed by atoms with van der Waals surface area (Å²) in [6, 6.07) is 9.68. The Morgan fingerprint density at radius 3 is 2.82 bits per heavy atom. The van der Waals surface area contributed by atoms with Crippen molar-refractivity contribution >= 4 is 5.78 Å². The molecule has 2 aliphatic heterocycles. The Morgan fingerprint density at radius 1 is 1.35 bits per heavy atom. The predicted octanol–water partition coefficient (Wildman–Crippen LogP) is 0.673. The van der Waals surface area contributed by atoms with Crippen molar-refractivity contribution in [2.24, 2.45) is 0 Å². The number of ether oxygens (including phenoxy) is 2. The van der Waals surface area contributed by atoms with Gasteiger partial charge < -0.3 is 14.6 Å². The Hall–Kier alpha value is -1.23. The molecular weight excluding hydrogens is 220 g/mol. The second-order valence-corrected chi connectivity index (χ2v) is 4.52. The maximum Gasteiger partial charge on any atom is 0.167 e. The van der Waals surface area contributed by atoms with E-state index in [-0.39, 0.29) is 11.9 Å². The minimum Gasteiger partial charge on any atom is -0.388 e. The highest BCUT2D eigenvalue weighted by atomic mass is 16.6. The van der Waals surface area contributed by atoms with Crippen LogP contribution in [0.5, 0.6) is 0 Å². The molecule has 0 spiro atoms. The summed E-state index contributed by atoms with van der Waals surface area (Å²) in [6.07, 6.45) is -1.81. The van der Waals surface area contributed by atoms with Gasteiger partial charge in [0.2, 0.25) is 0 Å². The number of aliphatic hydroxyl groups excluding tert-OH is 1. The van der Waals surface area contributed by atoms with Gasteiger partial charge in [0.15, 0.2) is 5.78 Å². The molecule has 90 valence electrons. The van der Waals surface area contributed by atoms with Crippen LogP contribution in [-0.2, 0) is 20.9 Å². The predicted molar refractivity (Wildman–Crippen MR) is 59.3 cm³/mol. The summed E-state index contributed by atoms with van der Waals surface area (Å²) < 4.78 is 11.0. The van der Waals surface area contributed by atoms with E-state index in [0.717, 1.165) is 5.56 Å². The molecular formula is C13H14O4. The second-order valence-electron chi connectivity index (χ2n) is 4.52. The van der Waals surface area contributed by atoms with Crippen LogP contribution in [0.3, 0.4) is 0 Å². The standard InChI is InChI=1S/C13H14O4/c14-9-6-10-11(15)13(12(9)17-10)16-7-8-4-2-1-3-5-8/h1-5,10-13,15H,6-7H2/t10-,11-,12+,13+/m1/s1. The molecule has 4 atom stereocenters. The maximum atomic E-state index is 11.5. The Morgan fingerprint density at radius 2 is 2.12 bits per heavy atom. The normalized spacial score (nSPS) is 35.5. The van der Waals surface area contributed by atoms with E-state index in [9.17, 15) is 9.90 Å². The lowest BCUT2D eigenvalue weighted by Crippen LogP contribution is -2.43. The van der Waals surface area contributed by atoms with Gasteiger partial charge in [-0.2, -0.15) is 0 Å². The summed E-state index contributed by atoms with van der Waals surface area (Å²) in [5.74, 6) is 0.0401. The molecule has 1 N–H and O–H groups in total. The van der Waals surface area contributed by atoms with Crippen LogP contribution in [0.15, 0.2) is 30.3 Å². The number of benzene rings is 1. The van der Waals surface area contributed by atoms with E-state index in [1.807, 2.05) is 30.3 Å². The van der Waals surface area contributed by atoms with Gasteiger partial charge in [-0.05, 0) is 5.56 Å². The summed E-state index contributed by atoms with van der Waals surface area (Å²) in [6.45, 7) is 0.391. The van der Waals surface area contributed by atoms with Crippen molar-refractivity contribution in [3.8, 4) is 0 Å². The first-order chi connectivity index (χ1) is 8.25. The van der Waals surface area contributed by atoms with Gasteiger partial charge in [-0.25, -0.2) is 0 Å². The summed E-state index contributed by atoms with van der Waals surface area (Å²) in [4.78, 5) is 11.5. The summed E-state index contributed by atoms with van der Waals surface area (Å²) in [5, 5.41) is 9.87. The van der Waals surface area contributed by atoms with Crippen LogP contribution >= 0.6 is 0 Å².